The van der Waals surface area contributed by atoms with E-state index in [0.29, 0.717) is 6.42 Å². The lowest BCUT2D eigenvalue weighted by Crippen LogP contribution is -2.66. The topological polar surface area (TPSA) is 307 Å². The van der Waals surface area contributed by atoms with Gasteiger partial charge in [0.25, 0.3) is 0 Å². The highest BCUT2D eigenvalue weighted by molar-refractivity contribution is 5.76. The molecule has 1 amide bonds. The van der Waals surface area contributed by atoms with E-state index in [-0.39, 0.29) is 18.9 Å². The zero-order chi connectivity index (χ0) is 77.4. The van der Waals surface area contributed by atoms with Gasteiger partial charge in [0.2, 0.25) is 5.91 Å². The van der Waals surface area contributed by atoms with Crippen molar-refractivity contribution < 1.29 is 89.4 Å². The Kier molecular flexibility index (Phi) is 60.4. The molecule has 3 saturated heterocycles. The van der Waals surface area contributed by atoms with E-state index in [0.717, 1.165) is 103 Å². The van der Waals surface area contributed by atoms with Gasteiger partial charge in [-0.25, -0.2) is 0 Å². The van der Waals surface area contributed by atoms with Crippen LogP contribution in [0.1, 0.15) is 284 Å². The van der Waals surface area contributed by atoms with Crippen molar-refractivity contribution in [3.63, 3.8) is 0 Å². The van der Waals surface area contributed by atoms with Gasteiger partial charge >= 0.3 is 0 Å². The van der Waals surface area contributed by atoms with Crippen molar-refractivity contribution in [2.24, 2.45) is 0 Å². The van der Waals surface area contributed by atoms with E-state index in [1.165, 1.54) is 154 Å². The highest BCUT2D eigenvalue weighted by atomic mass is 16.8. The van der Waals surface area contributed by atoms with Crippen molar-refractivity contribution in [3.8, 4) is 0 Å². The molecule has 17 atom stereocenters. The average Bonchev–Trinajstić information content (AvgIpc) is 0.782. The monoisotopic (exact) mass is 1510 g/mol. The van der Waals surface area contributed by atoms with E-state index >= 15 is 0 Å². The zero-order valence-corrected chi connectivity index (χ0v) is 65.8. The normalized spacial score (nSPS) is 26.2. The van der Waals surface area contributed by atoms with Crippen LogP contribution in [0.25, 0.3) is 0 Å². The van der Waals surface area contributed by atoms with Gasteiger partial charge in [0.1, 0.15) is 73.2 Å². The predicted octanol–water partition coefficient (Wildman–Crippen LogP) is 14.8. The Morgan fingerprint density at radius 2 is 0.645 bits per heavy atom. The Balaban J connectivity index is 1.39. The Morgan fingerprint density at radius 1 is 0.346 bits per heavy atom. The Hall–Kier alpha value is -4.07. The lowest BCUT2D eigenvalue weighted by molar-refractivity contribution is -0.379. The molecule has 0 radical (unpaired) electrons. The molecule has 3 aliphatic rings. The predicted molar refractivity (Wildman–Crippen MR) is 429 cm³/mol. The van der Waals surface area contributed by atoms with Gasteiger partial charge in [-0.1, -0.05) is 314 Å². The Labute approximate surface area is 645 Å². The molecule has 614 valence electrons. The summed E-state index contributed by atoms with van der Waals surface area (Å²) >= 11 is 0. The third-order valence-corrected chi connectivity index (χ3v) is 20.0. The standard InChI is InChI=1S/C88H149NO18/c1-3-5-7-9-11-13-15-17-19-21-23-25-27-29-31-33-34-35-36-38-40-42-44-46-48-50-52-54-56-58-60-62-64-66-76(94)89-71(72(93)65-63-61-59-57-55-53-51-49-47-45-43-41-39-37-32-30-28-26-24-22-20-18-16-14-12-10-8-6-4-2)70-102-86-82(100)79(97)84(74(68-91)104-86)107-88-83(101)80(98)85(75(69-92)105-88)106-87-81(99)78(96)77(95)73(67-90)103-87/h5,7,11,13,17,19,23,25,29,31,34-35,38,40,44,46,50,52,56,58,63,65,71-75,77-88,90-93,95-101H,3-4,6,8-10,12,14-16,18,20-22,24,26-28,30,32-33,36-37,39,41-43,45,47-49,51,53-55,57,59-62,64,66-70H2,1-2H3,(H,89,94)/b7-5-,13-11-,19-17-,25-23-,31-29-,35-34-,40-38-,46-44-,52-50-,58-56-,65-63+. The average molecular weight is 1510 g/mol. The van der Waals surface area contributed by atoms with Crippen LogP contribution in [0.15, 0.2) is 134 Å². The number of unbranched alkanes of at least 4 members (excludes halogenated alkanes) is 29. The molecule has 107 heavy (non-hydrogen) atoms. The lowest BCUT2D eigenvalue weighted by atomic mass is 9.96. The molecular formula is C88H149NO18. The number of hydrogen-bond donors (Lipinski definition) is 12. The number of ether oxygens (including phenoxy) is 6. The van der Waals surface area contributed by atoms with Gasteiger partial charge in [-0.15, -0.1) is 0 Å². The quantitative estimate of drug-likeness (QED) is 0.0199. The SMILES string of the molecule is CC/C=C\C/C=C\C/C=C\C/C=C\C/C=C\C/C=C\C/C=C\C/C=C\C/C=C\C/C=C\CCCCC(=O)NC(COC1OC(CO)C(OC2OC(CO)C(OC3OC(CO)C(O)C(O)C3O)C(O)C2O)C(O)C1O)C(O)/C=C/CCCCCCCCCCCCCCCCCCCCCCCCCCCCC. The third kappa shape index (κ3) is 45.9. The van der Waals surface area contributed by atoms with E-state index in [1.54, 1.807) is 6.08 Å². The molecule has 0 aromatic heterocycles. The Morgan fingerprint density at radius 3 is 1.01 bits per heavy atom. The fourth-order valence-electron chi connectivity index (χ4n) is 13.3. The first-order chi connectivity index (χ1) is 52.3. The molecule has 0 spiro atoms. The first-order valence-corrected chi connectivity index (χ1v) is 41.9. The summed E-state index contributed by atoms with van der Waals surface area (Å²) in [4.78, 5) is 13.5. The molecule has 19 heteroatoms. The van der Waals surface area contributed by atoms with Crippen LogP contribution < -0.4 is 5.32 Å². The maximum atomic E-state index is 13.5. The summed E-state index contributed by atoms with van der Waals surface area (Å²) in [6.45, 7) is 1.61. The van der Waals surface area contributed by atoms with Crippen LogP contribution in [-0.2, 0) is 33.2 Å². The number of aliphatic hydroxyl groups excluding tert-OH is 11. The molecule has 0 aromatic rings. The number of carbonyl (C=O) groups is 1. The maximum absolute atomic E-state index is 13.5. The second kappa shape index (κ2) is 66.5. The second-order valence-electron chi connectivity index (χ2n) is 29.2. The minimum Gasteiger partial charge on any atom is -0.394 e. The van der Waals surface area contributed by atoms with Gasteiger partial charge < -0.3 is 89.9 Å². The summed E-state index contributed by atoms with van der Waals surface area (Å²) in [5.74, 6) is -0.320. The van der Waals surface area contributed by atoms with Crippen LogP contribution in [-0.4, -0.2) is 193 Å². The fraction of sp³-hybridized carbons (Fsp3) is 0.739. The number of allylic oxidation sites excluding steroid dienone is 21. The summed E-state index contributed by atoms with van der Waals surface area (Å²) in [5.41, 5.74) is 0. The first-order valence-electron chi connectivity index (χ1n) is 41.9. The van der Waals surface area contributed by atoms with Gasteiger partial charge in [0.05, 0.1) is 38.6 Å². The van der Waals surface area contributed by atoms with Crippen LogP contribution in [0.5, 0.6) is 0 Å². The summed E-state index contributed by atoms with van der Waals surface area (Å²) in [6.07, 6.45) is 68.7. The van der Waals surface area contributed by atoms with Gasteiger partial charge in [0.15, 0.2) is 18.9 Å². The molecule has 0 aromatic carbocycles. The summed E-state index contributed by atoms with van der Waals surface area (Å²) in [5, 5.41) is 121. The van der Waals surface area contributed by atoms with Gasteiger partial charge in [0, 0.05) is 6.42 Å². The summed E-state index contributed by atoms with van der Waals surface area (Å²) < 4.78 is 34.4. The fourth-order valence-corrected chi connectivity index (χ4v) is 13.3. The number of aliphatic hydroxyl groups is 11. The number of carbonyl (C=O) groups excluding carboxylic acids is 1. The highest BCUT2D eigenvalue weighted by Gasteiger charge is 2.54. The third-order valence-electron chi connectivity index (χ3n) is 20.0. The van der Waals surface area contributed by atoms with Crippen LogP contribution >= 0.6 is 0 Å². The largest absolute Gasteiger partial charge is 0.394 e. The minimum atomic E-state index is -1.99. The molecule has 0 aliphatic carbocycles. The number of amides is 1. The molecule has 3 aliphatic heterocycles. The van der Waals surface area contributed by atoms with Gasteiger partial charge in [-0.05, 0) is 96.3 Å². The van der Waals surface area contributed by atoms with Crippen molar-refractivity contribution >= 4 is 5.91 Å². The molecule has 0 saturated carbocycles. The lowest BCUT2D eigenvalue weighted by Gasteiger charge is -2.48. The number of rotatable bonds is 65. The van der Waals surface area contributed by atoms with Gasteiger partial charge in [-0.3, -0.25) is 4.79 Å². The van der Waals surface area contributed by atoms with Crippen LogP contribution in [0.2, 0.25) is 0 Å². The van der Waals surface area contributed by atoms with Crippen molar-refractivity contribution in [2.45, 2.75) is 388 Å². The molecule has 3 rings (SSSR count). The van der Waals surface area contributed by atoms with Crippen molar-refractivity contribution in [1.29, 1.82) is 0 Å². The van der Waals surface area contributed by atoms with E-state index in [1.807, 2.05) is 6.08 Å². The van der Waals surface area contributed by atoms with Crippen LogP contribution in [0.3, 0.4) is 0 Å². The van der Waals surface area contributed by atoms with Gasteiger partial charge in [-0.2, -0.15) is 0 Å². The van der Waals surface area contributed by atoms with Crippen molar-refractivity contribution in [1.82, 2.24) is 5.32 Å². The zero-order valence-electron chi connectivity index (χ0n) is 65.8. The van der Waals surface area contributed by atoms with Crippen LogP contribution in [0.4, 0.5) is 0 Å². The first kappa shape index (κ1) is 97.1. The van der Waals surface area contributed by atoms with Crippen LogP contribution in [0, 0.1) is 0 Å². The molecule has 19 nitrogen and oxygen atoms in total. The molecule has 0 bridgehead atoms. The minimum absolute atomic E-state index is 0.179. The molecule has 17 unspecified atom stereocenters. The summed E-state index contributed by atoms with van der Waals surface area (Å²) in [6, 6.07) is -1.01. The van der Waals surface area contributed by atoms with E-state index < -0.39 is 124 Å². The van der Waals surface area contributed by atoms with Crippen molar-refractivity contribution in [2.75, 3.05) is 26.4 Å². The summed E-state index contributed by atoms with van der Waals surface area (Å²) in [7, 11) is 0. The van der Waals surface area contributed by atoms with Crippen molar-refractivity contribution in [3.05, 3.63) is 134 Å². The smallest absolute Gasteiger partial charge is 0.220 e. The van der Waals surface area contributed by atoms with E-state index in [2.05, 4.69) is 141 Å². The highest BCUT2D eigenvalue weighted by Crippen LogP contribution is 2.33. The Bertz CT molecular complexity index is 2450. The molecular weight excluding hydrogens is 1360 g/mol. The number of hydrogen-bond acceptors (Lipinski definition) is 18. The van der Waals surface area contributed by atoms with E-state index in [9.17, 15) is 61.0 Å². The molecule has 3 fully saturated rings. The second-order valence-corrected chi connectivity index (χ2v) is 29.2. The maximum Gasteiger partial charge on any atom is 0.220 e. The van der Waals surface area contributed by atoms with E-state index in [4.69, 9.17) is 28.4 Å². The molecule has 3 heterocycles. The molecule has 12 N–H and O–H groups in total. The number of nitrogens with one attached hydrogen (secondary N) is 1.